The first kappa shape index (κ1) is 18.8. The number of anilines is 2. The first-order valence-electron chi connectivity index (χ1n) is 10.6. The maximum Gasteiger partial charge on any atom is 0.255 e. The largest absolute Gasteiger partial charge is 0.399 e. The summed E-state index contributed by atoms with van der Waals surface area (Å²) in [6.07, 6.45) is 5.23. The molecule has 0 radical (unpaired) electrons. The van der Waals surface area contributed by atoms with Gasteiger partial charge in [-0.2, -0.15) is 0 Å². The van der Waals surface area contributed by atoms with Crippen LogP contribution in [0.25, 0.3) is 11.4 Å². The van der Waals surface area contributed by atoms with Crippen LogP contribution in [-0.2, 0) is 19.5 Å². The molecule has 0 bridgehead atoms. The summed E-state index contributed by atoms with van der Waals surface area (Å²) in [6.45, 7) is 4.46. The summed E-state index contributed by atoms with van der Waals surface area (Å²) in [5, 5.41) is 0. The molecule has 1 saturated heterocycles. The molecule has 2 aromatic heterocycles. The van der Waals surface area contributed by atoms with Crippen molar-refractivity contribution in [3.8, 4) is 11.4 Å². The summed E-state index contributed by atoms with van der Waals surface area (Å²) in [7, 11) is 0. The van der Waals surface area contributed by atoms with Crippen LogP contribution in [0.15, 0.2) is 47.4 Å². The number of H-pyrrole nitrogens is 1. The standard InChI is InChI=1S/C23H26N6O/c24-18-6-4-17(5-7-18)22-26-20-9-12-28(15-19(20)23(30)27-22)14-16-3-8-21(25-13-16)29-10-1-2-11-29/h3-8,13H,1-2,9-12,14-15,24H2,(H,26,27,30). The molecule has 5 rings (SSSR count). The molecule has 0 amide bonds. The number of rotatable bonds is 4. The average molecular weight is 403 g/mol. The van der Waals surface area contributed by atoms with E-state index in [9.17, 15) is 4.79 Å². The highest BCUT2D eigenvalue weighted by atomic mass is 16.1. The van der Waals surface area contributed by atoms with Crippen LogP contribution in [0, 0.1) is 0 Å². The van der Waals surface area contributed by atoms with Gasteiger partial charge in [-0.1, -0.05) is 6.07 Å². The highest BCUT2D eigenvalue weighted by molar-refractivity contribution is 5.58. The van der Waals surface area contributed by atoms with Crippen molar-refractivity contribution < 1.29 is 0 Å². The molecule has 3 N–H and O–H groups in total. The number of nitrogens with one attached hydrogen (secondary N) is 1. The summed E-state index contributed by atoms with van der Waals surface area (Å²) in [4.78, 5) is 29.7. The Morgan fingerprint density at radius 2 is 1.83 bits per heavy atom. The first-order valence-corrected chi connectivity index (χ1v) is 10.6. The van der Waals surface area contributed by atoms with Gasteiger partial charge in [-0.25, -0.2) is 9.97 Å². The fraction of sp³-hybridized carbons (Fsp3) is 0.348. The predicted molar refractivity (Wildman–Crippen MR) is 118 cm³/mol. The van der Waals surface area contributed by atoms with E-state index >= 15 is 0 Å². The van der Waals surface area contributed by atoms with Gasteiger partial charge < -0.3 is 15.6 Å². The van der Waals surface area contributed by atoms with E-state index in [1.54, 1.807) is 0 Å². The van der Waals surface area contributed by atoms with Crippen LogP contribution < -0.4 is 16.2 Å². The van der Waals surface area contributed by atoms with Gasteiger partial charge in [0.15, 0.2) is 0 Å². The summed E-state index contributed by atoms with van der Waals surface area (Å²) in [5.74, 6) is 1.67. The Balaban J connectivity index is 1.30. The molecule has 0 unspecified atom stereocenters. The lowest BCUT2D eigenvalue weighted by Crippen LogP contribution is -2.35. The normalized spacial score (nSPS) is 16.6. The Morgan fingerprint density at radius 1 is 1.03 bits per heavy atom. The van der Waals surface area contributed by atoms with E-state index in [4.69, 9.17) is 10.7 Å². The van der Waals surface area contributed by atoms with E-state index in [1.807, 2.05) is 30.5 Å². The number of hydrogen-bond acceptors (Lipinski definition) is 6. The van der Waals surface area contributed by atoms with Crippen molar-refractivity contribution in [3.63, 3.8) is 0 Å². The molecule has 2 aliphatic heterocycles. The number of nitrogens with two attached hydrogens (primary N) is 1. The van der Waals surface area contributed by atoms with Crippen molar-refractivity contribution in [2.45, 2.75) is 32.4 Å². The van der Waals surface area contributed by atoms with Crippen LogP contribution in [-0.4, -0.2) is 39.5 Å². The highest BCUT2D eigenvalue weighted by Gasteiger charge is 2.22. The van der Waals surface area contributed by atoms with Gasteiger partial charge in [0.1, 0.15) is 11.6 Å². The van der Waals surface area contributed by atoms with E-state index in [2.05, 4.69) is 31.9 Å². The maximum atomic E-state index is 12.7. The lowest BCUT2D eigenvalue weighted by molar-refractivity contribution is 0.241. The number of hydrogen-bond donors (Lipinski definition) is 2. The quantitative estimate of drug-likeness (QED) is 0.652. The summed E-state index contributed by atoms with van der Waals surface area (Å²) in [6, 6.07) is 11.7. The first-order chi connectivity index (χ1) is 14.7. The molecule has 7 nitrogen and oxygen atoms in total. The molecular formula is C23H26N6O. The van der Waals surface area contributed by atoms with Crippen molar-refractivity contribution in [2.75, 3.05) is 30.3 Å². The highest BCUT2D eigenvalue weighted by Crippen LogP contribution is 2.22. The van der Waals surface area contributed by atoms with Crippen LogP contribution in [0.3, 0.4) is 0 Å². The number of aromatic nitrogens is 3. The molecule has 2 aliphatic rings. The van der Waals surface area contributed by atoms with Crippen LogP contribution in [0.4, 0.5) is 11.5 Å². The second-order valence-corrected chi connectivity index (χ2v) is 8.14. The zero-order chi connectivity index (χ0) is 20.5. The molecule has 4 heterocycles. The number of aromatic amines is 1. The SMILES string of the molecule is Nc1ccc(-c2nc3c(c(=O)[nH]2)CN(Cc2ccc(N4CCCC4)nc2)CC3)cc1. The summed E-state index contributed by atoms with van der Waals surface area (Å²) < 4.78 is 0. The third-order valence-corrected chi connectivity index (χ3v) is 5.98. The number of pyridine rings is 1. The lowest BCUT2D eigenvalue weighted by atomic mass is 10.1. The molecule has 1 fully saturated rings. The Kier molecular flexibility index (Phi) is 4.96. The van der Waals surface area contributed by atoms with Gasteiger partial charge in [-0.3, -0.25) is 9.69 Å². The molecule has 0 aliphatic carbocycles. The third kappa shape index (κ3) is 3.80. The minimum Gasteiger partial charge on any atom is -0.399 e. The number of fused-ring (bicyclic) bond motifs is 1. The topological polar surface area (TPSA) is 91.1 Å². The lowest BCUT2D eigenvalue weighted by Gasteiger charge is -2.27. The van der Waals surface area contributed by atoms with Gasteiger partial charge >= 0.3 is 0 Å². The molecule has 3 aromatic rings. The second-order valence-electron chi connectivity index (χ2n) is 8.14. The smallest absolute Gasteiger partial charge is 0.255 e. The van der Waals surface area contributed by atoms with Crippen molar-refractivity contribution >= 4 is 11.5 Å². The molecule has 7 heteroatoms. The van der Waals surface area contributed by atoms with Gasteiger partial charge in [0.05, 0.1) is 11.3 Å². The second kappa shape index (κ2) is 7.91. The van der Waals surface area contributed by atoms with Crippen molar-refractivity contribution in [3.05, 3.63) is 69.8 Å². The zero-order valence-corrected chi connectivity index (χ0v) is 17.0. The van der Waals surface area contributed by atoms with Gasteiger partial charge in [0.25, 0.3) is 5.56 Å². The minimum atomic E-state index is -0.0565. The minimum absolute atomic E-state index is 0.0565. The van der Waals surface area contributed by atoms with Crippen molar-refractivity contribution in [2.24, 2.45) is 0 Å². The molecule has 0 saturated carbocycles. The van der Waals surface area contributed by atoms with Gasteiger partial charge in [0.2, 0.25) is 0 Å². The third-order valence-electron chi connectivity index (χ3n) is 5.98. The van der Waals surface area contributed by atoms with Gasteiger partial charge in [-0.05, 0) is 48.7 Å². The Labute approximate surface area is 175 Å². The average Bonchev–Trinajstić information content (AvgIpc) is 3.30. The molecule has 0 spiro atoms. The van der Waals surface area contributed by atoms with Crippen LogP contribution in [0.2, 0.25) is 0 Å². The van der Waals surface area contributed by atoms with E-state index < -0.39 is 0 Å². The monoisotopic (exact) mass is 402 g/mol. The van der Waals surface area contributed by atoms with Crippen LogP contribution in [0.5, 0.6) is 0 Å². The molecule has 1 aromatic carbocycles. The Bertz CT molecular complexity index is 1080. The number of nitrogens with zero attached hydrogens (tertiary/aromatic N) is 4. The fourth-order valence-corrected chi connectivity index (χ4v) is 4.30. The fourth-order valence-electron chi connectivity index (χ4n) is 4.30. The molecule has 0 atom stereocenters. The van der Waals surface area contributed by atoms with E-state index in [1.165, 1.54) is 18.4 Å². The summed E-state index contributed by atoms with van der Waals surface area (Å²) >= 11 is 0. The molecular weight excluding hydrogens is 376 g/mol. The molecule has 154 valence electrons. The summed E-state index contributed by atoms with van der Waals surface area (Å²) in [5.41, 5.74) is 10.1. The van der Waals surface area contributed by atoms with E-state index in [0.717, 1.165) is 55.2 Å². The number of nitrogen functional groups attached to an aromatic ring is 1. The number of benzene rings is 1. The van der Waals surface area contributed by atoms with E-state index in [0.29, 0.717) is 18.1 Å². The van der Waals surface area contributed by atoms with E-state index in [-0.39, 0.29) is 5.56 Å². The van der Waals surface area contributed by atoms with Gasteiger partial charge in [-0.15, -0.1) is 0 Å². The van der Waals surface area contributed by atoms with Crippen molar-refractivity contribution in [1.29, 1.82) is 0 Å². The van der Waals surface area contributed by atoms with Crippen LogP contribution >= 0.6 is 0 Å². The van der Waals surface area contributed by atoms with Crippen LogP contribution in [0.1, 0.15) is 29.7 Å². The van der Waals surface area contributed by atoms with Crippen molar-refractivity contribution in [1.82, 2.24) is 19.9 Å². The zero-order valence-electron chi connectivity index (χ0n) is 17.0. The predicted octanol–water partition coefficient (Wildman–Crippen LogP) is 2.57. The Morgan fingerprint density at radius 3 is 2.57 bits per heavy atom. The maximum absolute atomic E-state index is 12.7. The Hall–Kier alpha value is -3.19. The van der Waals surface area contributed by atoms with Gasteiger partial charge in [0, 0.05) is 56.6 Å². The molecule has 30 heavy (non-hydrogen) atoms.